The number of amides is 2. The van der Waals surface area contributed by atoms with Crippen molar-refractivity contribution in [3.8, 4) is 0 Å². The average Bonchev–Trinajstić information content (AvgIpc) is 3.69. The van der Waals surface area contributed by atoms with E-state index in [4.69, 9.17) is 0 Å². The van der Waals surface area contributed by atoms with Crippen LogP contribution in [-0.2, 0) is 6.54 Å². The number of hydrogen-bond acceptors (Lipinski definition) is 9. The van der Waals surface area contributed by atoms with Crippen molar-refractivity contribution >= 4 is 23.6 Å². The summed E-state index contributed by atoms with van der Waals surface area (Å²) in [6.07, 6.45) is 16.0. The second kappa shape index (κ2) is 13.2. The maximum atomic E-state index is 12.7. The molecule has 2 aliphatic carbocycles. The molecule has 41 heavy (non-hydrogen) atoms. The molecule has 3 aromatic rings. The van der Waals surface area contributed by atoms with Crippen LogP contribution < -0.4 is 21.3 Å². The van der Waals surface area contributed by atoms with Gasteiger partial charge in [-0.3, -0.25) is 10.00 Å². The highest BCUT2D eigenvalue weighted by molar-refractivity contribution is 5.74. The van der Waals surface area contributed by atoms with E-state index in [9.17, 15) is 4.79 Å². The zero-order chi connectivity index (χ0) is 27.9. The highest BCUT2D eigenvalue weighted by Crippen LogP contribution is 2.34. The third kappa shape index (κ3) is 7.69. The van der Waals surface area contributed by atoms with Gasteiger partial charge < -0.3 is 21.3 Å². The molecule has 0 unspecified atom stereocenters. The molecule has 12 nitrogen and oxygen atoms in total. The SMILES string of the molecule is O=C(NC1CCC(Nc2nccc(Nc3cc(C4CCCC4)[nH]n3)n2)CC1)NC1CCN(Cc2ncccn2)CC1. The first-order valence-corrected chi connectivity index (χ1v) is 15.1. The Labute approximate surface area is 240 Å². The Hall–Kier alpha value is -3.80. The zero-order valence-corrected chi connectivity index (χ0v) is 23.6. The molecule has 0 bridgehead atoms. The molecule has 3 aliphatic rings. The summed E-state index contributed by atoms with van der Waals surface area (Å²) in [5.41, 5.74) is 1.20. The first-order chi connectivity index (χ1) is 20.2. The highest BCUT2D eigenvalue weighted by Gasteiger charge is 2.26. The molecule has 2 amide bonds. The van der Waals surface area contributed by atoms with Gasteiger partial charge in [0.05, 0.1) is 6.54 Å². The van der Waals surface area contributed by atoms with E-state index in [2.05, 4.69) is 62.4 Å². The number of aromatic amines is 1. The van der Waals surface area contributed by atoms with Gasteiger partial charge in [0.1, 0.15) is 11.6 Å². The molecule has 12 heteroatoms. The fraction of sp³-hybridized carbons (Fsp3) is 0.586. The molecule has 0 radical (unpaired) electrons. The fourth-order valence-electron chi connectivity index (χ4n) is 6.30. The smallest absolute Gasteiger partial charge is 0.315 e. The van der Waals surface area contributed by atoms with Crippen molar-refractivity contribution < 1.29 is 4.79 Å². The van der Waals surface area contributed by atoms with Gasteiger partial charge in [-0.25, -0.2) is 19.7 Å². The fourth-order valence-corrected chi connectivity index (χ4v) is 6.30. The first-order valence-electron chi connectivity index (χ1n) is 15.1. The molecule has 0 spiro atoms. The molecular formula is C29H41N11O. The number of H-pyrrole nitrogens is 1. The molecule has 218 valence electrons. The monoisotopic (exact) mass is 559 g/mol. The van der Waals surface area contributed by atoms with E-state index in [1.54, 1.807) is 18.6 Å². The number of piperidine rings is 1. The lowest BCUT2D eigenvalue weighted by molar-refractivity contribution is 0.181. The normalized spacial score (nSPS) is 22.3. The summed E-state index contributed by atoms with van der Waals surface area (Å²) in [4.78, 5) is 32.7. The minimum absolute atomic E-state index is 0.0529. The van der Waals surface area contributed by atoms with Gasteiger partial charge in [0, 0.05) is 67.5 Å². The molecule has 5 N–H and O–H groups in total. The molecule has 4 heterocycles. The van der Waals surface area contributed by atoms with Gasteiger partial charge in [0.15, 0.2) is 5.82 Å². The van der Waals surface area contributed by atoms with Gasteiger partial charge in [0.2, 0.25) is 5.95 Å². The van der Waals surface area contributed by atoms with Gasteiger partial charge >= 0.3 is 6.03 Å². The van der Waals surface area contributed by atoms with Crippen LogP contribution in [0.25, 0.3) is 0 Å². The van der Waals surface area contributed by atoms with Crippen LogP contribution in [0.1, 0.15) is 81.6 Å². The Morgan fingerprint density at radius 2 is 1.56 bits per heavy atom. The van der Waals surface area contributed by atoms with Gasteiger partial charge in [0.25, 0.3) is 0 Å². The second-order valence-corrected chi connectivity index (χ2v) is 11.6. The van der Waals surface area contributed by atoms with Crippen molar-refractivity contribution in [2.24, 2.45) is 0 Å². The lowest BCUT2D eigenvalue weighted by Gasteiger charge is -2.33. The minimum Gasteiger partial charge on any atom is -0.351 e. The van der Waals surface area contributed by atoms with Crippen LogP contribution in [0.15, 0.2) is 36.8 Å². The molecule has 0 aromatic carbocycles. The molecule has 2 saturated carbocycles. The molecule has 0 atom stereocenters. The van der Waals surface area contributed by atoms with Gasteiger partial charge in [-0.15, -0.1) is 0 Å². The Bertz CT molecular complexity index is 1250. The van der Waals surface area contributed by atoms with Crippen LogP contribution in [0.5, 0.6) is 0 Å². The van der Waals surface area contributed by atoms with E-state index < -0.39 is 0 Å². The van der Waals surface area contributed by atoms with Crippen molar-refractivity contribution in [3.05, 3.63) is 48.3 Å². The molecule has 1 saturated heterocycles. The van der Waals surface area contributed by atoms with E-state index in [0.717, 1.165) is 75.6 Å². The summed E-state index contributed by atoms with van der Waals surface area (Å²) in [5.74, 6) is 3.56. The lowest BCUT2D eigenvalue weighted by atomic mass is 9.91. The molecular weight excluding hydrogens is 518 g/mol. The van der Waals surface area contributed by atoms with Crippen molar-refractivity contribution in [2.75, 3.05) is 23.7 Å². The third-order valence-electron chi connectivity index (χ3n) is 8.61. The number of likely N-dealkylation sites (tertiary alicyclic amines) is 1. The Morgan fingerprint density at radius 3 is 2.32 bits per heavy atom. The highest BCUT2D eigenvalue weighted by atomic mass is 16.2. The van der Waals surface area contributed by atoms with Crippen molar-refractivity contribution in [1.82, 2.24) is 45.7 Å². The average molecular weight is 560 g/mol. The van der Waals surface area contributed by atoms with Crippen LogP contribution in [0, 0.1) is 0 Å². The van der Waals surface area contributed by atoms with E-state index in [0.29, 0.717) is 11.9 Å². The van der Waals surface area contributed by atoms with Crippen molar-refractivity contribution in [1.29, 1.82) is 0 Å². The van der Waals surface area contributed by atoms with Gasteiger partial charge in [-0.05, 0) is 63.5 Å². The van der Waals surface area contributed by atoms with Crippen LogP contribution in [0.3, 0.4) is 0 Å². The first kappa shape index (κ1) is 27.4. The Balaban J connectivity index is 0.894. The molecule has 1 aliphatic heterocycles. The Kier molecular flexibility index (Phi) is 8.84. The van der Waals surface area contributed by atoms with Crippen LogP contribution in [0.2, 0.25) is 0 Å². The number of nitrogens with one attached hydrogen (secondary N) is 5. The number of rotatable bonds is 9. The van der Waals surface area contributed by atoms with Crippen molar-refractivity contribution in [2.45, 2.75) is 94.8 Å². The van der Waals surface area contributed by atoms with Gasteiger partial charge in [-0.1, -0.05) is 12.8 Å². The second-order valence-electron chi connectivity index (χ2n) is 11.6. The summed E-state index contributed by atoms with van der Waals surface area (Å²) >= 11 is 0. The van der Waals surface area contributed by atoms with E-state index in [1.807, 2.05) is 12.1 Å². The largest absolute Gasteiger partial charge is 0.351 e. The standard InChI is InChI=1S/C29H41N11O/c41-29(35-23-11-16-40(17-12-23)19-27-30-13-3-14-31-27)34-22-8-6-21(7-9-22)33-28-32-15-10-25(37-28)36-26-18-24(38-39-26)20-4-1-2-5-20/h3,10,13-15,18,20-23H,1-2,4-9,11-12,16-17,19H2,(H2,34,35,41)(H3,32,33,36,37,38,39). The summed E-state index contributed by atoms with van der Waals surface area (Å²) in [7, 11) is 0. The number of anilines is 3. The predicted molar refractivity (Wildman–Crippen MR) is 157 cm³/mol. The maximum Gasteiger partial charge on any atom is 0.315 e. The van der Waals surface area contributed by atoms with E-state index >= 15 is 0 Å². The maximum absolute atomic E-state index is 12.7. The number of carbonyl (C=O) groups is 1. The molecule has 6 rings (SSSR count). The van der Waals surface area contributed by atoms with Crippen LogP contribution >= 0.6 is 0 Å². The minimum atomic E-state index is -0.0529. The van der Waals surface area contributed by atoms with Crippen LogP contribution in [0.4, 0.5) is 22.4 Å². The number of urea groups is 1. The topological polar surface area (TPSA) is 149 Å². The predicted octanol–water partition coefficient (Wildman–Crippen LogP) is 4.08. The van der Waals surface area contributed by atoms with E-state index in [1.165, 1.54) is 31.4 Å². The molecule has 3 aromatic heterocycles. The lowest BCUT2D eigenvalue weighted by Crippen LogP contribution is -2.50. The quantitative estimate of drug-likeness (QED) is 0.261. The summed E-state index contributed by atoms with van der Waals surface area (Å²) in [6, 6.07) is 6.41. The Morgan fingerprint density at radius 1 is 0.854 bits per heavy atom. The number of hydrogen-bond donors (Lipinski definition) is 5. The third-order valence-corrected chi connectivity index (χ3v) is 8.61. The zero-order valence-electron chi connectivity index (χ0n) is 23.6. The summed E-state index contributed by atoms with van der Waals surface area (Å²) in [5, 5.41) is 20.8. The van der Waals surface area contributed by atoms with Gasteiger partial charge in [-0.2, -0.15) is 10.1 Å². The summed E-state index contributed by atoms with van der Waals surface area (Å²) < 4.78 is 0. The number of aromatic nitrogens is 6. The number of nitrogens with zero attached hydrogens (tertiary/aromatic N) is 6. The molecule has 3 fully saturated rings. The number of carbonyl (C=O) groups excluding carboxylic acids is 1. The summed E-state index contributed by atoms with van der Waals surface area (Å²) in [6.45, 7) is 2.62. The van der Waals surface area contributed by atoms with Crippen LogP contribution in [-0.4, -0.2) is 72.3 Å². The van der Waals surface area contributed by atoms with Crippen molar-refractivity contribution in [3.63, 3.8) is 0 Å². The van der Waals surface area contributed by atoms with E-state index in [-0.39, 0.29) is 24.2 Å².